The minimum atomic E-state index is -0.106. The van der Waals surface area contributed by atoms with Gasteiger partial charge in [0.15, 0.2) is 0 Å². The van der Waals surface area contributed by atoms with E-state index >= 15 is 0 Å². The molecule has 26 heavy (non-hydrogen) atoms. The SMILES string of the molecule is Cc1ncc(NC(=O)CN2CCC3(CCC3)CC2)cc1NC(=O)C(C)C. The highest BCUT2D eigenvalue weighted by Crippen LogP contribution is 2.48. The van der Waals surface area contributed by atoms with Gasteiger partial charge in [-0.3, -0.25) is 19.5 Å². The maximum absolute atomic E-state index is 12.4. The van der Waals surface area contributed by atoms with Gasteiger partial charge in [0.2, 0.25) is 11.8 Å². The zero-order valence-electron chi connectivity index (χ0n) is 16.1. The largest absolute Gasteiger partial charge is 0.324 e. The van der Waals surface area contributed by atoms with Gasteiger partial charge in [0.1, 0.15) is 0 Å². The van der Waals surface area contributed by atoms with Gasteiger partial charge in [0.05, 0.1) is 29.8 Å². The molecule has 0 unspecified atom stereocenters. The Morgan fingerprint density at radius 3 is 2.46 bits per heavy atom. The number of aromatic nitrogens is 1. The van der Waals surface area contributed by atoms with Gasteiger partial charge in [-0.15, -0.1) is 0 Å². The second-order valence-corrected chi connectivity index (χ2v) is 8.18. The molecule has 1 spiro atoms. The lowest BCUT2D eigenvalue weighted by molar-refractivity contribution is -0.119. The molecule has 1 aromatic heterocycles. The number of nitrogens with one attached hydrogen (secondary N) is 2. The second kappa shape index (κ2) is 7.74. The Kier molecular flexibility index (Phi) is 5.61. The molecule has 2 aliphatic rings. The van der Waals surface area contributed by atoms with Gasteiger partial charge in [-0.25, -0.2) is 0 Å². The van der Waals surface area contributed by atoms with E-state index in [-0.39, 0.29) is 17.7 Å². The maximum atomic E-state index is 12.4. The Morgan fingerprint density at radius 2 is 1.88 bits per heavy atom. The number of aryl methyl sites for hydroxylation is 1. The number of carbonyl (C=O) groups is 2. The fourth-order valence-electron chi connectivity index (χ4n) is 3.77. The average Bonchev–Trinajstić information content (AvgIpc) is 2.57. The van der Waals surface area contributed by atoms with Gasteiger partial charge >= 0.3 is 0 Å². The van der Waals surface area contributed by atoms with E-state index in [0.717, 1.165) is 18.8 Å². The molecule has 0 radical (unpaired) electrons. The smallest absolute Gasteiger partial charge is 0.238 e. The monoisotopic (exact) mass is 358 g/mol. The van der Waals surface area contributed by atoms with Crippen LogP contribution in [0.4, 0.5) is 11.4 Å². The number of hydrogen-bond acceptors (Lipinski definition) is 4. The van der Waals surface area contributed by atoms with Crippen LogP contribution in [0.5, 0.6) is 0 Å². The minimum Gasteiger partial charge on any atom is -0.324 e. The van der Waals surface area contributed by atoms with E-state index in [1.165, 1.54) is 32.1 Å². The van der Waals surface area contributed by atoms with Crippen molar-refractivity contribution in [3.05, 3.63) is 18.0 Å². The molecule has 1 aliphatic carbocycles. The Morgan fingerprint density at radius 1 is 1.19 bits per heavy atom. The summed E-state index contributed by atoms with van der Waals surface area (Å²) in [7, 11) is 0. The van der Waals surface area contributed by atoms with Crippen LogP contribution < -0.4 is 10.6 Å². The van der Waals surface area contributed by atoms with Crippen molar-refractivity contribution >= 4 is 23.2 Å². The highest BCUT2D eigenvalue weighted by Gasteiger charge is 2.39. The van der Waals surface area contributed by atoms with E-state index in [0.29, 0.717) is 23.3 Å². The zero-order valence-corrected chi connectivity index (χ0v) is 16.1. The summed E-state index contributed by atoms with van der Waals surface area (Å²) in [4.78, 5) is 30.8. The van der Waals surface area contributed by atoms with E-state index < -0.39 is 0 Å². The van der Waals surface area contributed by atoms with Crippen molar-refractivity contribution in [1.82, 2.24) is 9.88 Å². The topological polar surface area (TPSA) is 74.3 Å². The maximum Gasteiger partial charge on any atom is 0.238 e. The average molecular weight is 358 g/mol. The molecule has 1 saturated heterocycles. The first-order valence-electron chi connectivity index (χ1n) is 9.67. The predicted molar refractivity (Wildman–Crippen MR) is 103 cm³/mol. The lowest BCUT2D eigenvalue weighted by Crippen LogP contribution is -2.45. The number of piperidine rings is 1. The van der Waals surface area contributed by atoms with Crippen LogP contribution in [0, 0.1) is 18.3 Å². The number of carbonyl (C=O) groups excluding carboxylic acids is 2. The zero-order chi connectivity index (χ0) is 18.7. The second-order valence-electron chi connectivity index (χ2n) is 8.18. The predicted octanol–water partition coefficient (Wildman–Crippen LogP) is 3.19. The molecule has 6 nitrogen and oxygen atoms in total. The van der Waals surface area contributed by atoms with Crippen LogP contribution in [-0.4, -0.2) is 41.3 Å². The van der Waals surface area contributed by atoms with Crippen molar-refractivity contribution in [3.8, 4) is 0 Å². The molecular formula is C20H30N4O2. The summed E-state index contributed by atoms with van der Waals surface area (Å²) in [5, 5.41) is 5.78. The number of amides is 2. The van der Waals surface area contributed by atoms with Crippen LogP contribution in [0.15, 0.2) is 12.3 Å². The van der Waals surface area contributed by atoms with Gasteiger partial charge < -0.3 is 10.6 Å². The standard InChI is InChI=1S/C20H30N4O2/c1-14(2)19(26)23-17-11-16(12-21-15(17)3)22-18(25)13-24-9-7-20(8-10-24)5-4-6-20/h11-12,14H,4-10,13H2,1-3H3,(H,22,25)(H,23,26). The van der Waals surface area contributed by atoms with Gasteiger partial charge in [0, 0.05) is 5.92 Å². The lowest BCUT2D eigenvalue weighted by Gasteiger charge is -2.47. The van der Waals surface area contributed by atoms with Crippen molar-refractivity contribution in [3.63, 3.8) is 0 Å². The normalized spacial score (nSPS) is 19.2. The molecule has 3 rings (SSSR count). The number of anilines is 2. The van der Waals surface area contributed by atoms with E-state index in [1.54, 1.807) is 12.3 Å². The van der Waals surface area contributed by atoms with Crippen molar-refractivity contribution in [2.24, 2.45) is 11.3 Å². The molecule has 0 bridgehead atoms. The van der Waals surface area contributed by atoms with Gasteiger partial charge in [0.25, 0.3) is 0 Å². The lowest BCUT2D eigenvalue weighted by atomic mass is 9.63. The molecule has 1 aromatic rings. The molecule has 142 valence electrons. The molecule has 1 saturated carbocycles. The summed E-state index contributed by atoms with van der Waals surface area (Å²) < 4.78 is 0. The van der Waals surface area contributed by atoms with Crippen LogP contribution in [-0.2, 0) is 9.59 Å². The molecular weight excluding hydrogens is 328 g/mol. The first-order valence-corrected chi connectivity index (χ1v) is 9.67. The highest BCUT2D eigenvalue weighted by atomic mass is 16.2. The summed E-state index contributed by atoms with van der Waals surface area (Å²) in [5.41, 5.74) is 2.59. The number of pyridine rings is 1. The third-order valence-corrected chi connectivity index (χ3v) is 5.85. The molecule has 0 atom stereocenters. The summed E-state index contributed by atoms with van der Waals surface area (Å²) in [6.07, 6.45) is 8.18. The molecule has 0 aromatic carbocycles. The van der Waals surface area contributed by atoms with E-state index in [1.807, 2.05) is 20.8 Å². The van der Waals surface area contributed by atoms with Gasteiger partial charge in [-0.05, 0) is 57.2 Å². The number of nitrogens with zero attached hydrogens (tertiary/aromatic N) is 2. The van der Waals surface area contributed by atoms with Gasteiger partial charge in [-0.1, -0.05) is 20.3 Å². The van der Waals surface area contributed by atoms with E-state index in [4.69, 9.17) is 0 Å². The Bertz CT molecular complexity index is 672. The summed E-state index contributed by atoms with van der Waals surface area (Å²) >= 11 is 0. The third-order valence-electron chi connectivity index (χ3n) is 5.85. The van der Waals surface area contributed by atoms with Crippen molar-refractivity contribution in [2.75, 3.05) is 30.3 Å². The fraction of sp³-hybridized carbons (Fsp3) is 0.650. The summed E-state index contributed by atoms with van der Waals surface area (Å²) in [5.74, 6) is -0.191. The third kappa shape index (κ3) is 4.41. The Balaban J connectivity index is 1.53. The first kappa shape index (κ1) is 18.8. The first-order chi connectivity index (χ1) is 12.4. The van der Waals surface area contributed by atoms with Crippen molar-refractivity contribution in [2.45, 2.75) is 52.9 Å². The molecule has 2 heterocycles. The fourth-order valence-corrected chi connectivity index (χ4v) is 3.77. The number of likely N-dealkylation sites (tertiary alicyclic amines) is 1. The van der Waals surface area contributed by atoms with Crippen molar-refractivity contribution in [1.29, 1.82) is 0 Å². The Labute approximate surface area is 155 Å². The molecule has 2 amide bonds. The van der Waals surface area contributed by atoms with Crippen LogP contribution >= 0.6 is 0 Å². The quantitative estimate of drug-likeness (QED) is 0.848. The number of hydrogen-bond donors (Lipinski definition) is 2. The van der Waals surface area contributed by atoms with Crippen LogP contribution in [0.2, 0.25) is 0 Å². The summed E-state index contributed by atoms with van der Waals surface area (Å²) in [6.45, 7) is 7.96. The van der Waals surface area contributed by atoms with Crippen LogP contribution in [0.3, 0.4) is 0 Å². The molecule has 1 aliphatic heterocycles. The van der Waals surface area contributed by atoms with Gasteiger partial charge in [-0.2, -0.15) is 0 Å². The molecule has 6 heteroatoms. The molecule has 2 N–H and O–H groups in total. The highest BCUT2D eigenvalue weighted by molar-refractivity contribution is 5.95. The minimum absolute atomic E-state index is 0.0265. The van der Waals surface area contributed by atoms with Crippen LogP contribution in [0.25, 0.3) is 0 Å². The number of rotatable bonds is 5. The van der Waals surface area contributed by atoms with E-state index in [9.17, 15) is 9.59 Å². The van der Waals surface area contributed by atoms with Crippen LogP contribution in [0.1, 0.15) is 51.6 Å². The summed E-state index contributed by atoms with van der Waals surface area (Å²) in [6, 6.07) is 1.78. The molecule has 2 fully saturated rings. The van der Waals surface area contributed by atoms with E-state index in [2.05, 4.69) is 20.5 Å². The Hall–Kier alpha value is -1.95. The van der Waals surface area contributed by atoms with Crippen molar-refractivity contribution < 1.29 is 9.59 Å².